The lowest BCUT2D eigenvalue weighted by atomic mass is 10.1. The van der Waals surface area contributed by atoms with E-state index >= 15 is 0 Å². The van der Waals surface area contributed by atoms with E-state index < -0.39 is 0 Å². The van der Waals surface area contributed by atoms with Crippen molar-refractivity contribution >= 4 is 17.4 Å². The van der Waals surface area contributed by atoms with Crippen molar-refractivity contribution in [2.24, 2.45) is 0 Å². The summed E-state index contributed by atoms with van der Waals surface area (Å²) in [5, 5.41) is 2.94. The molecule has 0 atom stereocenters. The van der Waals surface area contributed by atoms with Crippen LogP contribution < -0.4 is 5.32 Å². The first-order chi connectivity index (χ1) is 13.7. The Morgan fingerprint density at radius 2 is 1.59 bits per heavy atom. The first-order valence-corrected chi connectivity index (χ1v) is 9.59. The number of ketones is 1. The Hall–Kier alpha value is -3.21. The molecule has 0 saturated heterocycles. The summed E-state index contributed by atoms with van der Waals surface area (Å²) >= 11 is 0. The molecule has 0 spiro atoms. The number of nitrogens with one attached hydrogen (secondary N) is 1. The van der Waals surface area contributed by atoms with Gasteiger partial charge in [-0.2, -0.15) is 0 Å². The van der Waals surface area contributed by atoms with Gasteiger partial charge in [0.2, 0.25) is 5.91 Å². The molecule has 0 fully saturated rings. The second-order valence-electron chi connectivity index (χ2n) is 7.42. The van der Waals surface area contributed by atoms with E-state index in [9.17, 15) is 14.0 Å². The molecule has 3 aromatic rings. The summed E-state index contributed by atoms with van der Waals surface area (Å²) in [6.07, 6.45) is 0.258. The van der Waals surface area contributed by atoms with Gasteiger partial charge in [-0.15, -0.1) is 0 Å². The zero-order valence-corrected chi connectivity index (χ0v) is 17.2. The number of nitrogens with zero attached hydrogens (tertiary/aromatic N) is 1. The normalized spacial score (nSPS) is 10.8. The number of aromatic nitrogens is 1. The van der Waals surface area contributed by atoms with Crippen molar-refractivity contribution in [1.82, 2.24) is 4.57 Å². The van der Waals surface area contributed by atoms with Crippen molar-refractivity contribution < 1.29 is 14.0 Å². The summed E-state index contributed by atoms with van der Waals surface area (Å²) in [7, 11) is 0. The Labute approximate surface area is 170 Å². The van der Waals surface area contributed by atoms with Crippen molar-refractivity contribution in [2.45, 2.75) is 40.7 Å². The summed E-state index contributed by atoms with van der Waals surface area (Å²) in [4.78, 5) is 24.5. The van der Waals surface area contributed by atoms with Gasteiger partial charge >= 0.3 is 0 Å². The quantitative estimate of drug-likeness (QED) is 0.567. The van der Waals surface area contributed by atoms with Crippen molar-refractivity contribution in [1.29, 1.82) is 0 Å². The molecule has 0 aliphatic heterocycles. The second-order valence-corrected chi connectivity index (χ2v) is 7.42. The summed E-state index contributed by atoms with van der Waals surface area (Å²) < 4.78 is 15.3. The van der Waals surface area contributed by atoms with Crippen LogP contribution in [0.1, 0.15) is 40.5 Å². The highest BCUT2D eigenvalue weighted by Crippen LogP contribution is 2.27. The van der Waals surface area contributed by atoms with Crippen LogP contribution in [0.25, 0.3) is 11.3 Å². The summed E-state index contributed by atoms with van der Waals surface area (Å²) in [6.45, 7) is 7.79. The third-order valence-electron chi connectivity index (χ3n) is 4.95. The summed E-state index contributed by atoms with van der Waals surface area (Å²) in [5.74, 6) is -0.454. The molecule has 29 heavy (non-hydrogen) atoms. The molecule has 150 valence electrons. The molecule has 0 unspecified atom stereocenters. The number of aryl methyl sites for hydroxylation is 2. The van der Waals surface area contributed by atoms with E-state index in [4.69, 9.17) is 0 Å². The van der Waals surface area contributed by atoms with Gasteiger partial charge < -0.3 is 9.88 Å². The number of halogens is 1. The Morgan fingerprint density at radius 1 is 0.966 bits per heavy atom. The van der Waals surface area contributed by atoms with Gasteiger partial charge in [0, 0.05) is 35.6 Å². The number of amides is 1. The molecule has 0 aliphatic rings. The number of hydrogen-bond acceptors (Lipinski definition) is 2. The molecule has 0 aliphatic carbocycles. The molecular formula is C24H25FN2O2. The predicted octanol–water partition coefficient (Wildman–Crippen LogP) is 5.45. The lowest BCUT2D eigenvalue weighted by Gasteiger charge is -2.13. The van der Waals surface area contributed by atoms with Crippen LogP contribution in [0.4, 0.5) is 10.1 Å². The van der Waals surface area contributed by atoms with Gasteiger partial charge in [-0.05, 0) is 86.8 Å². The van der Waals surface area contributed by atoms with Crippen molar-refractivity contribution in [2.75, 3.05) is 5.32 Å². The third-order valence-corrected chi connectivity index (χ3v) is 4.95. The smallest absolute Gasteiger partial charge is 0.226 e. The monoisotopic (exact) mass is 392 g/mol. The average molecular weight is 392 g/mol. The minimum absolute atomic E-state index is 0.0377. The summed E-state index contributed by atoms with van der Waals surface area (Å²) in [6, 6.07) is 13.9. The SMILES string of the molecule is CC(=O)c1cc(-c2ccc(F)cc2)n(CCC(=O)Nc2cc(C)cc(C)c2)c1C. The molecule has 5 heteroatoms. The molecule has 0 saturated carbocycles. The number of rotatable bonds is 6. The topological polar surface area (TPSA) is 51.1 Å². The van der Waals surface area contributed by atoms with Gasteiger partial charge in [-0.1, -0.05) is 6.07 Å². The maximum Gasteiger partial charge on any atom is 0.226 e. The highest BCUT2D eigenvalue weighted by Gasteiger charge is 2.17. The van der Waals surface area contributed by atoms with E-state index in [1.807, 2.05) is 43.5 Å². The fourth-order valence-electron chi connectivity index (χ4n) is 3.63. The Morgan fingerprint density at radius 3 is 2.17 bits per heavy atom. The van der Waals surface area contributed by atoms with E-state index in [0.717, 1.165) is 33.8 Å². The number of carbonyl (C=O) groups is 2. The molecule has 4 nitrogen and oxygen atoms in total. The third kappa shape index (κ3) is 4.80. The number of anilines is 1. The Kier molecular flexibility index (Phi) is 5.97. The van der Waals surface area contributed by atoms with Crippen LogP contribution in [0.2, 0.25) is 0 Å². The number of carbonyl (C=O) groups excluding carboxylic acids is 2. The minimum Gasteiger partial charge on any atom is -0.344 e. The van der Waals surface area contributed by atoms with Crippen LogP contribution in [0.15, 0.2) is 48.5 Å². The van der Waals surface area contributed by atoms with Gasteiger partial charge in [0.15, 0.2) is 5.78 Å². The van der Waals surface area contributed by atoms with Gasteiger partial charge in [-0.3, -0.25) is 9.59 Å². The van der Waals surface area contributed by atoms with E-state index in [1.54, 1.807) is 12.1 Å². The molecule has 1 heterocycles. The molecule has 1 N–H and O–H groups in total. The van der Waals surface area contributed by atoms with Gasteiger partial charge in [0.25, 0.3) is 0 Å². The predicted molar refractivity (Wildman–Crippen MR) is 114 cm³/mol. The first-order valence-electron chi connectivity index (χ1n) is 9.59. The van der Waals surface area contributed by atoms with E-state index in [1.165, 1.54) is 19.1 Å². The maximum atomic E-state index is 13.3. The second kappa shape index (κ2) is 8.43. The molecular weight excluding hydrogens is 367 g/mol. The van der Waals surface area contributed by atoms with Crippen LogP contribution in [-0.2, 0) is 11.3 Å². The zero-order chi connectivity index (χ0) is 21.1. The number of hydrogen-bond donors (Lipinski definition) is 1. The van der Waals surface area contributed by atoms with Gasteiger partial charge in [-0.25, -0.2) is 4.39 Å². The molecule has 1 amide bonds. The van der Waals surface area contributed by atoms with Crippen LogP contribution in [0.3, 0.4) is 0 Å². The van der Waals surface area contributed by atoms with Gasteiger partial charge in [0.1, 0.15) is 5.82 Å². The number of Topliss-reactive ketones (excluding diaryl/α,β-unsaturated/α-hetero) is 1. The minimum atomic E-state index is -0.316. The molecule has 3 rings (SSSR count). The molecule has 1 aromatic heterocycles. The van der Waals surface area contributed by atoms with Crippen LogP contribution in [0, 0.1) is 26.6 Å². The largest absolute Gasteiger partial charge is 0.344 e. The molecule has 2 aromatic carbocycles. The lowest BCUT2D eigenvalue weighted by molar-refractivity contribution is -0.116. The van der Waals surface area contributed by atoms with Crippen molar-refractivity contribution in [3.8, 4) is 11.3 Å². The van der Waals surface area contributed by atoms with Crippen LogP contribution in [-0.4, -0.2) is 16.3 Å². The average Bonchev–Trinajstić information content (AvgIpc) is 2.96. The van der Waals surface area contributed by atoms with Crippen molar-refractivity contribution in [3.63, 3.8) is 0 Å². The van der Waals surface area contributed by atoms with Crippen LogP contribution in [0.5, 0.6) is 0 Å². The lowest BCUT2D eigenvalue weighted by Crippen LogP contribution is -2.16. The van der Waals surface area contributed by atoms with E-state index in [-0.39, 0.29) is 23.9 Å². The number of benzene rings is 2. The zero-order valence-electron chi connectivity index (χ0n) is 17.2. The summed E-state index contributed by atoms with van der Waals surface area (Å²) in [5.41, 5.74) is 5.97. The van der Waals surface area contributed by atoms with Crippen LogP contribution >= 0.6 is 0 Å². The fourth-order valence-corrected chi connectivity index (χ4v) is 3.63. The highest BCUT2D eigenvalue weighted by atomic mass is 19.1. The fraction of sp³-hybridized carbons (Fsp3) is 0.250. The van der Waals surface area contributed by atoms with E-state index in [0.29, 0.717) is 12.1 Å². The first kappa shape index (κ1) is 20.5. The van der Waals surface area contributed by atoms with E-state index in [2.05, 4.69) is 11.4 Å². The molecule has 0 radical (unpaired) electrons. The Balaban J connectivity index is 1.83. The molecule has 0 bridgehead atoms. The highest BCUT2D eigenvalue weighted by molar-refractivity contribution is 5.97. The Bertz CT molecular complexity index is 1040. The van der Waals surface area contributed by atoms with Crippen molar-refractivity contribution in [3.05, 3.63) is 76.7 Å². The van der Waals surface area contributed by atoms with Gasteiger partial charge in [0.05, 0.1) is 0 Å². The standard InChI is InChI=1S/C24H25FN2O2/c1-15-11-16(2)13-21(12-15)26-24(29)9-10-27-17(3)22(18(4)28)14-23(27)19-5-7-20(25)8-6-19/h5-8,11-14H,9-10H2,1-4H3,(H,26,29). The maximum absolute atomic E-state index is 13.3.